The number of hydrogen-bond acceptors (Lipinski definition) is 3. The number of nitrogens with zero attached hydrogens (tertiary/aromatic N) is 3. The summed E-state index contributed by atoms with van der Waals surface area (Å²) >= 11 is 10.00. The molecule has 0 saturated heterocycles. The van der Waals surface area contributed by atoms with E-state index in [0.717, 1.165) is 29.1 Å². The summed E-state index contributed by atoms with van der Waals surface area (Å²) in [6.45, 7) is 2.82. The number of rotatable bonds is 3. The van der Waals surface area contributed by atoms with Gasteiger partial charge in [0.15, 0.2) is 0 Å². The molecule has 1 aromatic carbocycles. The van der Waals surface area contributed by atoms with Gasteiger partial charge in [0.05, 0.1) is 34.7 Å². The highest BCUT2D eigenvalue weighted by Gasteiger charge is 2.12. The number of halogens is 2. The van der Waals surface area contributed by atoms with Crippen molar-refractivity contribution >= 4 is 56.6 Å². The number of fused-ring (bicyclic) bond motifs is 1. The Hall–Kier alpha value is -0.660. The van der Waals surface area contributed by atoms with Gasteiger partial charge in [-0.15, -0.1) is 22.9 Å². The van der Waals surface area contributed by atoms with Crippen LogP contribution in [0.4, 0.5) is 0 Å². The zero-order valence-electron chi connectivity index (χ0n) is 10.2. The van der Waals surface area contributed by atoms with E-state index in [-0.39, 0.29) is 0 Å². The summed E-state index contributed by atoms with van der Waals surface area (Å²) in [4.78, 5) is 10.2. The quantitative estimate of drug-likeness (QED) is 0.485. The molecule has 0 atom stereocenters. The normalized spacial score (nSPS) is 11.3. The van der Waals surface area contributed by atoms with Gasteiger partial charge < -0.3 is 4.57 Å². The van der Waals surface area contributed by atoms with Crippen LogP contribution < -0.4 is 0 Å². The van der Waals surface area contributed by atoms with Crippen molar-refractivity contribution in [2.45, 2.75) is 19.3 Å². The zero-order chi connectivity index (χ0) is 13.4. The minimum Gasteiger partial charge on any atom is -0.322 e. The minimum atomic E-state index is 0.420. The molecule has 0 bridgehead atoms. The summed E-state index contributed by atoms with van der Waals surface area (Å²) in [7, 11) is 0. The fourth-order valence-corrected chi connectivity index (χ4v) is 3.50. The van der Waals surface area contributed by atoms with E-state index < -0.39 is 0 Å². The first-order valence-corrected chi connectivity index (χ1v) is 8.28. The second-order valence-corrected chi connectivity index (χ2v) is 6.69. The van der Waals surface area contributed by atoms with E-state index >= 15 is 0 Å². The van der Waals surface area contributed by atoms with Gasteiger partial charge in [0.25, 0.3) is 0 Å². The Labute approximate surface area is 133 Å². The Morgan fingerprint density at radius 1 is 1.42 bits per heavy atom. The smallest absolute Gasteiger partial charge is 0.125 e. The summed E-state index contributed by atoms with van der Waals surface area (Å²) in [5.74, 6) is 1.33. The molecule has 6 heteroatoms. The van der Waals surface area contributed by atoms with E-state index in [2.05, 4.69) is 55.3 Å². The van der Waals surface area contributed by atoms with E-state index in [1.165, 1.54) is 8.45 Å². The number of imidazole rings is 1. The first kappa shape index (κ1) is 13.3. The van der Waals surface area contributed by atoms with Crippen LogP contribution in [-0.2, 0) is 12.4 Å². The molecule has 0 fully saturated rings. The summed E-state index contributed by atoms with van der Waals surface area (Å²) in [6.07, 6.45) is 0. The van der Waals surface area contributed by atoms with Crippen molar-refractivity contribution in [2.75, 3.05) is 0 Å². The topological polar surface area (TPSA) is 30.7 Å². The summed E-state index contributed by atoms with van der Waals surface area (Å²) in [5, 5.41) is 0. The maximum atomic E-state index is 6.03. The van der Waals surface area contributed by atoms with Gasteiger partial charge in [0, 0.05) is 8.45 Å². The Kier molecular flexibility index (Phi) is 3.77. The number of hydrogen-bond donors (Lipinski definition) is 0. The third-order valence-corrected chi connectivity index (χ3v) is 4.89. The van der Waals surface area contributed by atoms with E-state index in [1.807, 2.05) is 12.4 Å². The standard InChI is InChI=1S/C13H11ClIN3S/c1-8-12(19-7-16-8)6-18-11-3-2-9(15)4-10(11)17-13(18)5-14/h2-4,7H,5-6H2,1H3. The van der Waals surface area contributed by atoms with Crippen molar-refractivity contribution in [2.24, 2.45) is 0 Å². The maximum absolute atomic E-state index is 6.03. The zero-order valence-corrected chi connectivity index (χ0v) is 14.0. The number of alkyl halides is 1. The molecule has 0 amide bonds. The lowest BCUT2D eigenvalue weighted by Crippen LogP contribution is -2.03. The lowest BCUT2D eigenvalue weighted by Gasteiger charge is -2.06. The van der Waals surface area contributed by atoms with Crippen molar-refractivity contribution in [3.63, 3.8) is 0 Å². The molecule has 98 valence electrons. The first-order valence-electron chi connectivity index (χ1n) is 5.78. The summed E-state index contributed by atoms with van der Waals surface area (Å²) in [5.41, 5.74) is 5.10. The molecule has 2 aromatic heterocycles. The van der Waals surface area contributed by atoms with Crippen LogP contribution in [0, 0.1) is 10.5 Å². The minimum absolute atomic E-state index is 0.420. The van der Waals surface area contributed by atoms with Gasteiger partial charge in [0.2, 0.25) is 0 Å². The van der Waals surface area contributed by atoms with Gasteiger partial charge in [-0.05, 0) is 47.7 Å². The van der Waals surface area contributed by atoms with Crippen molar-refractivity contribution < 1.29 is 0 Å². The molecule has 3 rings (SSSR count). The molecule has 0 radical (unpaired) electrons. The van der Waals surface area contributed by atoms with Crippen LogP contribution in [0.25, 0.3) is 11.0 Å². The molecule has 2 heterocycles. The van der Waals surface area contributed by atoms with Crippen molar-refractivity contribution in [1.82, 2.24) is 14.5 Å². The van der Waals surface area contributed by atoms with E-state index in [0.29, 0.717) is 5.88 Å². The molecule has 0 N–H and O–H groups in total. The molecule has 0 aliphatic carbocycles. The van der Waals surface area contributed by atoms with Crippen molar-refractivity contribution in [1.29, 1.82) is 0 Å². The predicted octanol–water partition coefficient (Wildman–Crippen LogP) is 4.19. The number of aryl methyl sites for hydroxylation is 1. The van der Waals surface area contributed by atoms with Crippen molar-refractivity contribution in [3.8, 4) is 0 Å². The highest BCUT2D eigenvalue weighted by molar-refractivity contribution is 14.1. The fraction of sp³-hybridized carbons (Fsp3) is 0.231. The van der Waals surface area contributed by atoms with Gasteiger partial charge in [-0.2, -0.15) is 0 Å². The molecule has 3 nitrogen and oxygen atoms in total. The highest BCUT2D eigenvalue weighted by Crippen LogP contribution is 2.23. The Morgan fingerprint density at radius 2 is 2.26 bits per heavy atom. The maximum Gasteiger partial charge on any atom is 0.125 e. The average Bonchev–Trinajstić information content (AvgIpc) is 2.94. The van der Waals surface area contributed by atoms with Crippen LogP contribution >= 0.6 is 45.5 Å². The molecule has 0 aliphatic rings. The van der Waals surface area contributed by atoms with Gasteiger partial charge in [0.1, 0.15) is 5.82 Å². The van der Waals surface area contributed by atoms with E-state index in [4.69, 9.17) is 11.6 Å². The van der Waals surface area contributed by atoms with Crippen LogP contribution in [0.15, 0.2) is 23.7 Å². The van der Waals surface area contributed by atoms with Gasteiger partial charge in [-0.25, -0.2) is 9.97 Å². The molecule has 3 aromatic rings. The van der Waals surface area contributed by atoms with E-state index in [9.17, 15) is 0 Å². The predicted molar refractivity (Wildman–Crippen MR) is 88.0 cm³/mol. The molecule has 19 heavy (non-hydrogen) atoms. The van der Waals surface area contributed by atoms with Crippen LogP contribution in [-0.4, -0.2) is 14.5 Å². The number of aromatic nitrogens is 3. The Balaban J connectivity index is 2.13. The van der Waals surface area contributed by atoms with Crippen LogP contribution in [0.5, 0.6) is 0 Å². The summed E-state index contributed by atoms with van der Waals surface area (Å²) in [6, 6.07) is 6.29. The summed E-state index contributed by atoms with van der Waals surface area (Å²) < 4.78 is 3.36. The van der Waals surface area contributed by atoms with Gasteiger partial charge in [-0.1, -0.05) is 0 Å². The average molecular weight is 404 g/mol. The SMILES string of the molecule is Cc1ncsc1Cn1c(CCl)nc2cc(I)ccc21. The van der Waals surface area contributed by atoms with Gasteiger partial charge in [-0.3, -0.25) is 0 Å². The lowest BCUT2D eigenvalue weighted by molar-refractivity contribution is 0.783. The van der Waals surface area contributed by atoms with Crippen LogP contribution in [0.3, 0.4) is 0 Å². The highest BCUT2D eigenvalue weighted by atomic mass is 127. The third kappa shape index (κ3) is 2.51. The van der Waals surface area contributed by atoms with Crippen LogP contribution in [0.2, 0.25) is 0 Å². The second-order valence-electron chi connectivity index (χ2n) is 4.24. The molecule has 0 unspecified atom stereocenters. The third-order valence-electron chi connectivity index (χ3n) is 3.06. The monoisotopic (exact) mass is 403 g/mol. The van der Waals surface area contributed by atoms with Crippen LogP contribution in [0.1, 0.15) is 16.4 Å². The van der Waals surface area contributed by atoms with Gasteiger partial charge >= 0.3 is 0 Å². The molecule has 0 saturated carbocycles. The molecule has 0 spiro atoms. The Bertz CT molecular complexity index is 735. The van der Waals surface area contributed by atoms with Crippen molar-refractivity contribution in [3.05, 3.63) is 43.7 Å². The number of thiazole rings is 1. The molecular weight excluding hydrogens is 393 g/mol. The lowest BCUT2D eigenvalue weighted by atomic mass is 10.3. The number of benzene rings is 1. The molecule has 0 aliphatic heterocycles. The second kappa shape index (κ2) is 5.38. The largest absolute Gasteiger partial charge is 0.322 e. The first-order chi connectivity index (χ1) is 9.19. The molecular formula is C13H11ClIN3S. The van der Waals surface area contributed by atoms with E-state index in [1.54, 1.807) is 11.3 Å². The Morgan fingerprint density at radius 3 is 2.95 bits per heavy atom. The fourth-order valence-electron chi connectivity index (χ4n) is 2.05.